The van der Waals surface area contributed by atoms with E-state index in [1.165, 1.54) is 48.6 Å². The summed E-state index contributed by atoms with van der Waals surface area (Å²) >= 11 is 0. The Bertz CT molecular complexity index is 897. The predicted molar refractivity (Wildman–Crippen MR) is 105 cm³/mol. The smallest absolute Gasteiger partial charge is 0.0237 e. The Morgan fingerprint density at radius 2 is 1.52 bits per heavy atom. The highest BCUT2D eigenvalue weighted by atomic mass is 15.2. The third-order valence-electron chi connectivity index (χ3n) is 6.20. The SMILES string of the molecule is c1ccc2c(c1)CC1CC[C@@H](C2)N(Cc2ccc3ccccc3c2)C1. The fourth-order valence-electron chi connectivity index (χ4n) is 4.87. The van der Waals surface area contributed by atoms with Crippen LogP contribution in [-0.2, 0) is 19.4 Å². The van der Waals surface area contributed by atoms with Crippen molar-refractivity contribution in [1.29, 1.82) is 0 Å². The maximum Gasteiger partial charge on any atom is 0.0237 e. The van der Waals surface area contributed by atoms with Crippen molar-refractivity contribution < 1.29 is 0 Å². The van der Waals surface area contributed by atoms with E-state index in [0.717, 1.165) is 12.5 Å². The molecule has 25 heavy (non-hydrogen) atoms. The van der Waals surface area contributed by atoms with Gasteiger partial charge in [-0.15, -0.1) is 0 Å². The van der Waals surface area contributed by atoms with E-state index in [-0.39, 0.29) is 0 Å². The number of hydrogen-bond donors (Lipinski definition) is 0. The van der Waals surface area contributed by atoms with Crippen LogP contribution in [0.3, 0.4) is 0 Å². The summed E-state index contributed by atoms with van der Waals surface area (Å²) in [6, 6.07) is 25.5. The molecule has 0 aromatic heterocycles. The van der Waals surface area contributed by atoms with Crippen LogP contribution in [0.5, 0.6) is 0 Å². The molecule has 3 aliphatic rings. The molecule has 3 aromatic rings. The lowest BCUT2D eigenvalue weighted by Gasteiger charge is -2.42. The van der Waals surface area contributed by atoms with Crippen molar-refractivity contribution in [3.8, 4) is 0 Å². The number of piperidine rings is 1. The molecule has 1 nitrogen and oxygen atoms in total. The Labute approximate surface area is 150 Å². The minimum Gasteiger partial charge on any atom is -0.296 e. The van der Waals surface area contributed by atoms with Crippen LogP contribution >= 0.6 is 0 Å². The highest BCUT2D eigenvalue weighted by Crippen LogP contribution is 2.33. The Morgan fingerprint density at radius 3 is 2.40 bits per heavy atom. The molecule has 126 valence electrons. The minimum atomic E-state index is 0.698. The van der Waals surface area contributed by atoms with Gasteiger partial charge >= 0.3 is 0 Å². The summed E-state index contributed by atoms with van der Waals surface area (Å²) in [5.41, 5.74) is 4.64. The van der Waals surface area contributed by atoms with Crippen molar-refractivity contribution in [2.24, 2.45) is 5.92 Å². The molecule has 0 saturated carbocycles. The second-order valence-electron chi connectivity index (χ2n) is 7.89. The molecule has 0 N–H and O–H groups in total. The second kappa shape index (κ2) is 6.31. The van der Waals surface area contributed by atoms with Crippen molar-refractivity contribution in [2.75, 3.05) is 6.54 Å². The lowest BCUT2D eigenvalue weighted by molar-refractivity contribution is 0.0938. The van der Waals surface area contributed by atoms with Crippen LogP contribution in [0.2, 0.25) is 0 Å². The molecular weight excluding hydrogens is 302 g/mol. The van der Waals surface area contributed by atoms with E-state index >= 15 is 0 Å². The first-order valence-corrected chi connectivity index (χ1v) is 9.64. The van der Waals surface area contributed by atoms with Crippen LogP contribution < -0.4 is 0 Å². The Morgan fingerprint density at radius 1 is 0.760 bits per heavy atom. The van der Waals surface area contributed by atoms with E-state index in [4.69, 9.17) is 0 Å². The summed E-state index contributed by atoms with van der Waals surface area (Å²) < 4.78 is 0. The van der Waals surface area contributed by atoms with Crippen LogP contribution in [0.1, 0.15) is 29.5 Å². The Balaban J connectivity index is 1.42. The van der Waals surface area contributed by atoms with Crippen LogP contribution in [0, 0.1) is 5.92 Å². The van der Waals surface area contributed by atoms with Gasteiger partial charge in [0.05, 0.1) is 0 Å². The average Bonchev–Trinajstić information content (AvgIpc) is 2.62. The van der Waals surface area contributed by atoms with Crippen LogP contribution in [0.15, 0.2) is 66.7 Å². The van der Waals surface area contributed by atoms with Crippen LogP contribution in [0.4, 0.5) is 0 Å². The third-order valence-corrected chi connectivity index (χ3v) is 6.20. The zero-order valence-electron chi connectivity index (χ0n) is 14.7. The molecule has 0 radical (unpaired) electrons. The van der Waals surface area contributed by atoms with E-state index in [0.29, 0.717) is 6.04 Å². The molecule has 3 aromatic carbocycles. The molecule has 1 saturated heterocycles. The van der Waals surface area contributed by atoms with Crippen molar-refractivity contribution in [1.82, 2.24) is 4.90 Å². The van der Waals surface area contributed by atoms with Crippen molar-refractivity contribution in [2.45, 2.75) is 38.3 Å². The zero-order chi connectivity index (χ0) is 16.6. The number of hydrogen-bond acceptors (Lipinski definition) is 1. The maximum absolute atomic E-state index is 2.76. The van der Waals surface area contributed by atoms with Gasteiger partial charge in [-0.3, -0.25) is 4.90 Å². The van der Waals surface area contributed by atoms with E-state index in [1.807, 2.05) is 0 Å². The van der Waals surface area contributed by atoms with Crippen LogP contribution in [0.25, 0.3) is 10.8 Å². The lowest BCUT2D eigenvalue weighted by Crippen LogP contribution is -2.46. The topological polar surface area (TPSA) is 3.24 Å². The maximum atomic E-state index is 2.76. The third kappa shape index (κ3) is 2.98. The van der Waals surface area contributed by atoms with E-state index in [9.17, 15) is 0 Å². The molecule has 2 aliphatic heterocycles. The van der Waals surface area contributed by atoms with Crippen molar-refractivity contribution in [3.05, 3.63) is 83.4 Å². The Hall–Kier alpha value is -2.12. The van der Waals surface area contributed by atoms with Gasteiger partial charge in [-0.25, -0.2) is 0 Å². The predicted octanol–water partition coefficient (Wildman–Crippen LogP) is 5.22. The summed E-state index contributed by atoms with van der Waals surface area (Å²) in [6.07, 6.45) is 5.23. The summed E-state index contributed by atoms with van der Waals surface area (Å²) in [4.78, 5) is 2.76. The monoisotopic (exact) mass is 327 g/mol. The number of benzene rings is 3. The van der Waals surface area contributed by atoms with Gasteiger partial charge < -0.3 is 0 Å². The van der Waals surface area contributed by atoms with Gasteiger partial charge in [-0.2, -0.15) is 0 Å². The lowest BCUT2D eigenvalue weighted by atomic mass is 9.80. The van der Waals surface area contributed by atoms with Gasteiger partial charge in [0.1, 0.15) is 0 Å². The fourth-order valence-corrected chi connectivity index (χ4v) is 4.87. The molecule has 2 atom stereocenters. The van der Waals surface area contributed by atoms with Gasteiger partial charge in [-0.1, -0.05) is 60.7 Å². The summed E-state index contributed by atoms with van der Waals surface area (Å²) in [6.45, 7) is 2.35. The molecular formula is C24H25N. The quantitative estimate of drug-likeness (QED) is 0.624. The molecule has 1 unspecified atom stereocenters. The van der Waals surface area contributed by atoms with Crippen molar-refractivity contribution >= 4 is 10.8 Å². The Kier molecular flexibility index (Phi) is 3.83. The summed E-state index contributed by atoms with van der Waals surface area (Å²) in [5.74, 6) is 0.818. The second-order valence-corrected chi connectivity index (χ2v) is 7.89. The highest BCUT2D eigenvalue weighted by Gasteiger charge is 2.31. The van der Waals surface area contributed by atoms with E-state index in [2.05, 4.69) is 71.6 Å². The molecule has 1 aliphatic carbocycles. The zero-order valence-corrected chi connectivity index (χ0v) is 14.7. The van der Waals surface area contributed by atoms with Gasteiger partial charge in [-0.05, 0) is 65.1 Å². The van der Waals surface area contributed by atoms with E-state index < -0.39 is 0 Å². The average molecular weight is 327 g/mol. The standard InChI is InChI=1S/C24H25N/c1-2-6-21-13-18(9-11-20(21)5-1)16-25-17-19-10-12-24(25)15-23-8-4-3-7-22(23)14-19/h1-9,11,13,19,24H,10,12,14-17H2/t19?,24-/m0/s1. The first-order chi connectivity index (χ1) is 12.3. The summed E-state index contributed by atoms with van der Waals surface area (Å²) in [7, 11) is 0. The molecule has 2 bridgehead atoms. The van der Waals surface area contributed by atoms with Gasteiger partial charge in [0, 0.05) is 19.1 Å². The molecule has 1 fully saturated rings. The fraction of sp³-hybridized carbons (Fsp3) is 0.333. The minimum absolute atomic E-state index is 0.698. The highest BCUT2D eigenvalue weighted by molar-refractivity contribution is 5.82. The largest absolute Gasteiger partial charge is 0.296 e. The number of fused-ring (bicyclic) bond motifs is 3. The van der Waals surface area contributed by atoms with Crippen molar-refractivity contribution in [3.63, 3.8) is 0 Å². The molecule has 2 heterocycles. The normalized spacial score (nSPS) is 23.2. The molecule has 0 amide bonds. The van der Waals surface area contributed by atoms with Gasteiger partial charge in [0.2, 0.25) is 0 Å². The molecule has 6 rings (SSSR count). The first-order valence-electron chi connectivity index (χ1n) is 9.64. The van der Waals surface area contributed by atoms with Gasteiger partial charge in [0.15, 0.2) is 0 Å². The van der Waals surface area contributed by atoms with Gasteiger partial charge in [0.25, 0.3) is 0 Å². The van der Waals surface area contributed by atoms with Crippen LogP contribution in [-0.4, -0.2) is 17.5 Å². The van der Waals surface area contributed by atoms with E-state index in [1.54, 1.807) is 11.1 Å². The summed E-state index contributed by atoms with van der Waals surface area (Å²) in [5, 5.41) is 2.71. The number of rotatable bonds is 2. The molecule has 1 heteroatoms. The molecule has 0 spiro atoms. The first kappa shape index (κ1) is 15.2. The number of nitrogens with zero attached hydrogens (tertiary/aromatic N) is 1.